The molecule has 0 atom stereocenters. The summed E-state index contributed by atoms with van der Waals surface area (Å²) in [5, 5.41) is 0.801. The Bertz CT molecular complexity index is 1190. The topological polar surface area (TPSA) is 25.4 Å². The van der Waals surface area contributed by atoms with E-state index >= 15 is 0 Å². The molecule has 0 N–H and O–H groups in total. The number of hydrogen-bond acceptors (Lipinski definition) is 4. The van der Waals surface area contributed by atoms with E-state index in [2.05, 4.69) is 29.0 Å². The number of anilines is 1. The van der Waals surface area contributed by atoms with E-state index in [0.29, 0.717) is 16.8 Å². The number of halogens is 1. The van der Waals surface area contributed by atoms with Crippen LogP contribution in [0.4, 0.5) is 9.52 Å². The van der Waals surface area contributed by atoms with E-state index in [-0.39, 0.29) is 5.82 Å². The lowest BCUT2D eigenvalue weighted by atomic mass is 10.1. The van der Waals surface area contributed by atoms with Gasteiger partial charge < -0.3 is 9.64 Å². The highest BCUT2D eigenvalue weighted by Gasteiger charge is 2.15. The van der Waals surface area contributed by atoms with Crippen molar-refractivity contribution in [3.63, 3.8) is 0 Å². The number of fused-ring (bicyclic) bond motifs is 1. The Morgan fingerprint density at radius 2 is 1.87 bits per heavy atom. The predicted octanol–water partition coefficient (Wildman–Crippen LogP) is 5.67. The number of rotatable bonds is 7. The van der Waals surface area contributed by atoms with Crippen molar-refractivity contribution in [1.82, 2.24) is 4.98 Å². The van der Waals surface area contributed by atoms with Crippen LogP contribution in [0.5, 0.6) is 5.75 Å². The van der Waals surface area contributed by atoms with Crippen LogP contribution in [-0.4, -0.2) is 18.6 Å². The van der Waals surface area contributed by atoms with Crippen LogP contribution in [0.15, 0.2) is 66.7 Å². The van der Waals surface area contributed by atoms with Gasteiger partial charge in [-0.05, 0) is 53.9 Å². The van der Waals surface area contributed by atoms with Crippen molar-refractivity contribution in [2.24, 2.45) is 0 Å². The summed E-state index contributed by atoms with van der Waals surface area (Å²) in [6.45, 7) is 1.39. The smallest absolute Gasteiger partial charge is 0.186 e. The largest absolute Gasteiger partial charge is 0.497 e. The van der Waals surface area contributed by atoms with Crippen LogP contribution >= 0.6 is 11.3 Å². The molecule has 1 aromatic heterocycles. The average Bonchev–Trinajstić information content (AvgIpc) is 3.23. The van der Waals surface area contributed by atoms with Gasteiger partial charge >= 0.3 is 0 Å². The highest BCUT2D eigenvalue weighted by molar-refractivity contribution is 7.22. The Morgan fingerprint density at radius 1 is 1.07 bits per heavy atom. The molecule has 0 amide bonds. The van der Waals surface area contributed by atoms with Gasteiger partial charge in [0, 0.05) is 18.7 Å². The SMILES string of the molecule is C#Cc1cccc(CN(CCc2ccc(OC)cc2)c2nc3cccc(F)c3s2)c1. The van der Waals surface area contributed by atoms with Gasteiger partial charge in [0.2, 0.25) is 0 Å². The van der Waals surface area contributed by atoms with E-state index in [4.69, 9.17) is 16.1 Å². The molecule has 5 heteroatoms. The van der Waals surface area contributed by atoms with Gasteiger partial charge in [0.1, 0.15) is 11.6 Å². The Hall–Kier alpha value is -3.36. The highest BCUT2D eigenvalue weighted by Crippen LogP contribution is 2.31. The molecule has 4 rings (SSSR count). The first-order chi connectivity index (χ1) is 14.7. The van der Waals surface area contributed by atoms with Crippen molar-refractivity contribution in [1.29, 1.82) is 0 Å². The third-order valence-electron chi connectivity index (χ3n) is 4.92. The second-order valence-electron chi connectivity index (χ2n) is 6.95. The van der Waals surface area contributed by atoms with Crippen LogP contribution in [0.3, 0.4) is 0 Å². The lowest BCUT2D eigenvalue weighted by molar-refractivity contribution is 0.414. The molecule has 0 fully saturated rings. The van der Waals surface area contributed by atoms with Gasteiger partial charge in [-0.2, -0.15) is 0 Å². The zero-order valence-corrected chi connectivity index (χ0v) is 17.5. The first-order valence-electron chi connectivity index (χ1n) is 9.65. The molecule has 0 unspecified atom stereocenters. The second-order valence-corrected chi connectivity index (χ2v) is 7.93. The van der Waals surface area contributed by atoms with Crippen molar-refractivity contribution in [2.45, 2.75) is 13.0 Å². The average molecular weight is 417 g/mol. The maximum absolute atomic E-state index is 14.2. The molecular weight excluding hydrogens is 395 g/mol. The maximum Gasteiger partial charge on any atom is 0.186 e. The number of thiazole rings is 1. The molecule has 150 valence electrons. The van der Waals surface area contributed by atoms with Crippen molar-refractivity contribution in [3.05, 3.63) is 89.2 Å². The molecule has 0 bridgehead atoms. The Labute approximate surface area is 179 Å². The number of nitrogens with zero attached hydrogens (tertiary/aromatic N) is 2. The number of benzene rings is 3. The molecule has 0 aliphatic heterocycles. The lowest BCUT2D eigenvalue weighted by Gasteiger charge is -2.22. The number of ether oxygens (including phenoxy) is 1. The lowest BCUT2D eigenvalue weighted by Crippen LogP contribution is -2.25. The number of terminal acetylenes is 1. The summed E-state index contributed by atoms with van der Waals surface area (Å²) in [5.41, 5.74) is 3.82. The fourth-order valence-electron chi connectivity index (χ4n) is 3.32. The van der Waals surface area contributed by atoms with E-state index in [1.54, 1.807) is 13.2 Å². The van der Waals surface area contributed by atoms with Gasteiger partial charge in [0.15, 0.2) is 5.13 Å². The number of aromatic nitrogens is 1. The minimum Gasteiger partial charge on any atom is -0.497 e. The molecule has 0 saturated heterocycles. The van der Waals surface area contributed by atoms with Gasteiger partial charge in [-0.3, -0.25) is 0 Å². The molecule has 0 aliphatic rings. The van der Waals surface area contributed by atoms with E-state index < -0.39 is 0 Å². The summed E-state index contributed by atoms with van der Waals surface area (Å²) in [7, 11) is 1.66. The summed E-state index contributed by atoms with van der Waals surface area (Å²) < 4.78 is 20.1. The molecule has 0 aliphatic carbocycles. The van der Waals surface area contributed by atoms with E-state index in [0.717, 1.165) is 35.0 Å². The normalized spacial score (nSPS) is 10.7. The van der Waals surface area contributed by atoms with Crippen LogP contribution in [0, 0.1) is 18.2 Å². The minimum atomic E-state index is -0.235. The van der Waals surface area contributed by atoms with Gasteiger partial charge in [-0.15, -0.1) is 6.42 Å². The molecule has 3 aromatic carbocycles. The number of hydrogen-bond donors (Lipinski definition) is 0. The monoisotopic (exact) mass is 416 g/mol. The van der Waals surface area contributed by atoms with Crippen LogP contribution in [-0.2, 0) is 13.0 Å². The predicted molar refractivity (Wildman–Crippen MR) is 122 cm³/mol. The second kappa shape index (κ2) is 8.98. The summed E-state index contributed by atoms with van der Waals surface area (Å²) >= 11 is 1.38. The zero-order chi connectivity index (χ0) is 20.9. The van der Waals surface area contributed by atoms with E-state index in [1.165, 1.54) is 23.0 Å². The fraction of sp³-hybridized carbons (Fsp3) is 0.160. The molecule has 3 nitrogen and oxygen atoms in total. The summed E-state index contributed by atoms with van der Waals surface area (Å²) in [6, 6.07) is 21.0. The molecule has 0 spiro atoms. The first kappa shape index (κ1) is 19.9. The summed E-state index contributed by atoms with van der Waals surface area (Å²) in [4.78, 5) is 6.88. The summed E-state index contributed by atoms with van der Waals surface area (Å²) in [5.74, 6) is 3.29. The Kier molecular flexibility index (Phi) is 5.97. The Morgan fingerprint density at radius 3 is 2.60 bits per heavy atom. The third-order valence-corrected chi connectivity index (χ3v) is 6.06. The molecule has 30 heavy (non-hydrogen) atoms. The molecular formula is C25H21FN2OS. The van der Waals surface area contributed by atoms with Gasteiger partial charge in [-0.25, -0.2) is 9.37 Å². The number of methoxy groups -OCH3 is 1. The minimum absolute atomic E-state index is 0.235. The maximum atomic E-state index is 14.2. The standard InChI is InChI=1S/C25H21FN2OS/c1-3-18-6-4-7-20(16-18)17-28(15-14-19-10-12-21(29-2)13-11-19)25-27-23-9-5-8-22(26)24(23)30-25/h1,4-13,16H,14-15,17H2,2H3. The highest BCUT2D eigenvalue weighted by atomic mass is 32.1. The third kappa shape index (κ3) is 4.45. The first-order valence-corrected chi connectivity index (χ1v) is 10.5. The van der Waals surface area contributed by atoms with Gasteiger partial charge in [0.05, 0.1) is 17.3 Å². The van der Waals surface area contributed by atoms with Crippen LogP contribution < -0.4 is 9.64 Å². The van der Waals surface area contributed by atoms with Gasteiger partial charge in [0.25, 0.3) is 0 Å². The van der Waals surface area contributed by atoms with Crippen molar-refractivity contribution >= 4 is 26.7 Å². The van der Waals surface area contributed by atoms with Crippen LogP contribution in [0.25, 0.3) is 10.2 Å². The molecule has 0 saturated carbocycles. The van der Waals surface area contributed by atoms with Crippen molar-refractivity contribution < 1.29 is 9.13 Å². The van der Waals surface area contributed by atoms with Crippen molar-refractivity contribution in [3.8, 4) is 18.1 Å². The molecule has 0 radical (unpaired) electrons. The van der Waals surface area contributed by atoms with Crippen LogP contribution in [0.2, 0.25) is 0 Å². The summed E-state index contributed by atoms with van der Waals surface area (Å²) in [6.07, 6.45) is 6.39. The zero-order valence-electron chi connectivity index (χ0n) is 16.6. The quantitative estimate of drug-likeness (QED) is 0.363. The molecule has 4 aromatic rings. The Balaban J connectivity index is 1.62. The van der Waals surface area contributed by atoms with E-state index in [9.17, 15) is 4.39 Å². The van der Waals surface area contributed by atoms with Crippen molar-refractivity contribution in [2.75, 3.05) is 18.6 Å². The van der Waals surface area contributed by atoms with Gasteiger partial charge in [-0.1, -0.05) is 47.6 Å². The van der Waals surface area contributed by atoms with E-state index in [1.807, 2.05) is 36.4 Å². The fourth-order valence-corrected chi connectivity index (χ4v) is 4.31. The molecule has 1 heterocycles. The van der Waals surface area contributed by atoms with Crippen LogP contribution in [0.1, 0.15) is 16.7 Å².